The van der Waals surface area contributed by atoms with Gasteiger partial charge in [0.2, 0.25) is 0 Å². The van der Waals surface area contributed by atoms with Crippen LogP contribution in [0, 0.1) is 17.2 Å². The zero-order valence-electron chi connectivity index (χ0n) is 12.0. The van der Waals surface area contributed by atoms with Crippen molar-refractivity contribution in [3.05, 3.63) is 0 Å². The van der Waals surface area contributed by atoms with Crippen molar-refractivity contribution in [2.75, 3.05) is 6.54 Å². The van der Waals surface area contributed by atoms with Gasteiger partial charge in [0.15, 0.2) is 0 Å². The van der Waals surface area contributed by atoms with E-state index in [9.17, 15) is 9.59 Å². The van der Waals surface area contributed by atoms with Crippen LogP contribution in [0.15, 0.2) is 0 Å². The third kappa shape index (κ3) is 6.65. The average molecular weight is 269 g/mol. The van der Waals surface area contributed by atoms with E-state index in [2.05, 4.69) is 5.32 Å². The minimum Gasteiger partial charge on any atom is -0.481 e. The number of nitriles is 1. The number of nitrogens with zero attached hydrogens (tertiary/aromatic N) is 2. The van der Waals surface area contributed by atoms with E-state index in [4.69, 9.17) is 10.4 Å². The summed E-state index contributed by atoms with van der Waals surface area (Å²) >= 11 is 0. The summed E-state index contributed by atoms with van der Waals surface area (Å²) in [6.07, 6.45) is 0.157. The van der Waals surface area contributed by atoms with Crippen LogP contribution in [0.4, 0.5) is 4.79 Å². The molecule has 1 unspecified atom stereocenters. The molecule has 0 saturated carbocycles. The maximum Gasteiger partial charge on any atom is 0.317 e. The van der Waals surface area contributed by atoms with Gasteiger partial charge in [0, 0.05) is 18.6 Å². The zero-order valence-corrected chi connectivity index (χ0v) is 12.0. The Labute approximate surface area is 114 Å². The fourth-order valence-electron chi connectivity index (χ4n) is 1.65. The molecule has 2 amide bonds. The molecule has 0 aromatic rings. The SMILES string of the molecule is CC(C)C(CC(=O)O)NC(=O)N(CCC#N)C(C)C. The fourth-order valence-corrected chi connectivity index (χ4v) is 1.65. The van der Waals surface area contributed by atoms with Gasteiger partial charge < -0.3 is 15.3 Å². The monoisotopic (exact) mass is 269 g/mol. The first kappa shape index (κ1) is 17.2. The fraction of sp³-hybridized carbons (Fsp3) is 0.769. The number of urea groups is 1. The van der Waals surface area contributed by atoms with Crippen LogP contribution in [0.1, 0.15) is 40.5 Å². The number of aliphatic carboxylic acids is 1. The van der Waals surface area contributed by atoms with E-state index in [0.717, 1.165) is 0 Å². The third-order valence-corrected chi connectivity index (χ3v) is 2.86. The number of carboxylic acids is 1. The summed E-state index contributed by atoms with van der Waals surface area (Å²) in [4.78, 5) is 24.4. The highest BCUT2D eigenvalue weighted by Crippen LogP contribution is 2.08. The van der Waals surface area contributed by atoms with Gasteiger partial charge in [0.1, 0.15) is 0 Å². The Bertz CT molecular complexity index is 348. The van der Waals surface area contributed by atoms with E-state index in [1.807, 2.05) is 33.8 Å². The maximum atomic E-state index is 12.1. The molecule has 6 heteroatoms. The number of carbonyl (C=O) groups is 2. The molecule has 108 valence electrons. The van der Waals surface area contributed by atoms with Gasteiger partial charge in [-0.05, 0) is 19.8 Å². The van der Waals surface area contributed by atoms with E-state index in [1.165, 1.54) is 0 Å². The quantitative estimate of drug-likeness (QED) is 0.737. The summed E-state index contributed by atoms with van der Waals surface area (Å²) in [5.74, 6) is -0.905. The van der Waals surface area contributed by atoms with Crippen molar-refractivity contribution >= 4 is 12.0 Å². The summed E-state index contributed by atoms with van der Waals surface area (Å²) in [5, 5.41) is 20.1. The highest BCUT2D eigenvalue weighted by atomic mass is 16.4. The molecule has 2 N–H and O–H groups in total. The highest BCUT2D eigenvalue weighted by Gasteiger charge is 2.23. The van der Waals surface area contributed by atoms with Gasteiger partial charge in [0.25, 0.3) is 0 Å². The van der Waals surface area contributed by atoms with Gasteiger partial charge >= 0.3 is 12.0 Å². The third-order valence-electron chi connectivity index (χ3n) is 2.86. The van der Waals surface area contributed by atoms with Crippen molar-refractivity contribution < 1.29 is 14.7 Å². The molecule has 0 aliphatic carbocycles. The molecule has 0 heterocycles. The summed E-state index contributed by atoms with van der Waals surface area (Å²) < 4.78 is 0. The van der Waals surface area contributed by atoms with Crippen molar-refractivity contribution in [2.24, 2.45) is 5.92 Å². The van der Waals surface area contributed by atoms with Crippen LogP contribution < -0.4 is 5.32 Å². The van der Waals surface area contributed by atoms with E-state index in [-0.39, 0.29) is 30.8 Å². The normalized spacial score (nSPS) is 12.1. The van der Waals surface area contributed by atoms with Gasteiger partial charge in [-0.3, -0.25) is 4.79 Å². The number of hydrogen-bond acceptors (Lipinski definition) is 3. The lowest BCUT2D eigenvalue weighted by molar-refractivity contribution is -0.137. The minimum absolute atomic E-state index is 0.0324. The number of amides is 2. The van der Waals surface area contributed by atoms with E-state index in [1.54, 1.807) is 4.90 Å². The lowest BCUT2D eigenvalue weighted by Crippen LogP contribution is -2.50. The highest BCUT2D eigenvalue weighted by molar-refractivity contribution is 5.76. The van der Waals surface area contributed by atoms with Crippen molar-refractivity contribution in [1.29, 1.82) is 5.26 Å². The molecule has 19 heavy (non-hydrogen) atoms. The van der Waals surface area contributed by atoms with Crippen molar-refractivity contribution in [3.63, 3.8) is 0 Å². The van der Waals surface area contributed by atoms with Gasteiger partial charge in [0.05, 0.1) is 18.9 Å². The molecule has 0 fully saturated rings. The molecule has 0 aromatic carbocycles. The summed E-state index contributed by atoms with van der Waals surface area (Å²) in [6, 6.07) is 1.24. The van der Waals surface area contributed by atoms with E-state index >= 15 is 0 Å². The zero-order chi connectivity index (χ0) is 15.0. The van der Waals surface area contributed by atoms with Crippen LogP contribution in [0.5, 0.6) is 0 Å². The standard InChI is InChI=1S/C13H23N3O3/c1-9(2)11(8-12(17)18)15-13(19)16(10(3)4)7-5-6-14/h9-11H,5,7-8H2,1-4H3,(H,15,19)(H,17,18). The minimum atomic E-state index is -0.938. The Morgan fingerprint density at radius 1 is 1.32 bits per heavy atom. The van der Waals surface area contributed by atoms with Gasteiger partial charge in [-0.2, -0.15) is 5.26 Å². The van der Waals surface area contributed by atoms with E-state index < -0.39 is 12.0 Å². The Morgan fingerprint density at radius 3 is 2.26 bits per heavy atom. The van der Waals surface area contributed by atoms with E-state index in [0.29, 0.717) is 6.54 Å². The first-order valence-electron chi connectivity index (χ1n) is 6.45. The van der Waals surface area contributed by atoms with Crippen LogP contribution in [-0.2, 0) is 4.79 Å². The Morgan fingerprint density at radius 2 is 1.89 bits per heavy atom. The molecule has 1 atom stereocenters. The first-order valence-corrected chi connectivity index (χ1v) is 6.45. The predicted octanol–water partition coefficient (Wildman–Crippen LogP) is 1.82. The van der Waals surface area contributed by atoms with Crippen LogP contribution in [-0.4, -0.2) is 40.6 Å². The lowest BCUT2D eigenvalue weighted by Gasteiger charge is -2.29. The number of rotatable bonds is 7. The molecule has 0 aliphatic rings. The Balaban J connectivity index is 4.66. The van der Waals surface area contributed by atoms with Crippen molar-refractivity contribution in [3.8, 4) is 6.07 Å². The second-order valence-electron chi connectivity index (χ2n) is 5.09. The predicted molar refractivity (Wildman–Crippen MR) is 71.5 cm³/mol. The molecule has 0 aliphatic heterocycles. The van der Waals surface area contributed by atoms with Gasteiger partial charge in [-0.15, -0.1) is 0 Å². The van der Waals surface area contributed by atoms with Crippen LogP contribution in [0.25, 0.3) is 0 Å². The number of hydrogen-bond donors (Lipinski definition) is 2. The molecule has 0 bridgehead atoms. The summed E-state index contributed by atoms with van der Waals surface area (Å²) in [7, 11) is 0. The summed E-state index contributed by atoms with van der Waals surface area (Å²) in [6.45, 7) is 7.79. The molecular formula is C13H23N3O3. The summed E-state index contributed by atoms with van der Waals surface area (Å²) in [5.41, 5.74) is 0. The number of carboxylic acid groups (broad SMARTS) is 1. The number of nitrogens with one attached hydrogen (secondary N) is 1. The molecule has 0 saturated heterocycles. The largest absolute Gasteiger partial charge is 0.481 e. The van der Waals surface area contributed by atoms with Gasteiger partial charge in [-0.25, -0.2) is 4.79 Å². The molecule has 0 radical (unpaired) electrons. The van der Waals surface area contributed by atoms with Crippen molar-refractivity contribution in [1.82, 2.24) is 10.2 Å². The second-order valence-corrected chi connectivity index (χ2v) is 5.09. The second kappa shape index (κ2) is 8.35. The first-order chi connectivity index (χ1) is 8.79. The maximum absolute atomic E-state index is 12.1. The van der Waals surface area contributed by atoms with Gasteiger partial charge in [-0.1, -0.05) is 13.8 Å². The van der Waals surface area contributed by atoms with Crippen LogP contribution >= 0.6 is 0 Å². The smallest absolute Gasteiger partial charge is 0.317 e. The molecule has 6 nitrogen and oxygen atoms in total. The molecule has 0 aromatic heterocycles. The van der Waals surface area contributed by atoms with Crippen molar-refractivity contribution in [2.45, 2.75) is 52.6 Å². The Hall–Kier alpha value is -1.77. The average Bonchev–Trinajstić information content (AvgIpc) is 2.27. The van der Waals surface area contributed by atoms with Crippen LogP contribution in [0.2, 0.25) is 0 Å². The molecule has 0 spiro atoms. The lowest BCUT2D eigenvalue weighted by atomic mass is 10.0. The number of carbonyl (C=O) groups excluding carboxylic acids is 1. The molecule has 0 rings (SSSR count). The topological polar surface area (TPSA) is 93.4 Å². The Kier molecular flexibility index (Phi) is 7.57. The molecular weight excluding hydrogens is 246 g/mol. The van der Waals surface area contributed by atoms with Crippen LogP contribution in [0.3, 0.4) is 0 Å².